The minimum Gasteiger partial charge on any atom is -0.276 e. The van der Waals surface area contributed by atoms with Gasteiger partial charge in [-0.2, -0.15) is 5.10 Å². The summed E-state index contributed by atoms with van der Waals surface area (Å²) in [6.07, 6.45) is 1.01. The number of barbiturate groups is 1. The van der Waals surface area contributed by atoms with Gasteiger partial charge < -0.3 is 0 Å². The van der Waals surface area contributed by atoms with E-state index in [1.54, 1.807) is 36.4 Å². The molecule has 1 aliphatic heterocycles. The van der Waals surface area contributed by atoms with Gasteiger partial charge in [-0.25, -0.2) is 15.1 Å². The molecule has 0 bridgehead atoms. The second-order valence-corrected chi connectivity index (χ2v) is 7.58. The number of halogens is 1. The first-order chi connectivity index (χ1) is 15.0. The average molecular weight is 479 g/mol. The van der Waals surface area contributed by atoms with Crippen molar-refractivity contribution in [1.29, 1.82) is 0 Å². The van der Waals surface area contributed by atoms with Crippen LogP contribution in [0, 0.1) is 5.92 Å². The first-order valence-electron chi connectivity index (χ1n) is 9.21. The van der Waals surface area contributed by atoms with Crippen LogP contribution in [0.2, 0.25) is 0 Å². The monoisotopic (exact) mass is 478 g/mol. The summed E-state index contributed by atoms with van der Waals surface area (Å²) >= 11 is 3.28. The van der Waals surface area contributed by atoms with Crippen LogP contribution >= 0.6 is 15.9 Å². The van der Waals surface area contributed by atoms with Gasteiger partial charge in [-0.15, -0.1) is 0 Å². The summed E-state index contributed by atoms with van der Waals surface area (Å²) in [6.45, 7) is 0. The van der Waals surface area contributed by atoms with E-state index < -0.39 is 29.7 Å². The van der Waals surface area contributed by atoms with Gasteiger partial charge in [-0.1, -0.05) is 52.3 Å². The molecule has 0 unspecified atom stereocenters. The molecule has 1 aliphatic rings. The van der Waals surface area contributed by atoms with Gasteiger partial charge in [0.05, 0.1) is 5.69 Å². The Hall–Kier alpha value is -3.85. The van der Waals surface area contributed by atoms with Crippen LogP contribution in [-0.2, 0) is 9.59 Å². The maximum absolute atomic E-state index is 12.8. The lowest BCUT2D eigenvalue weighted by Crippen LogP contribution is -2.58. The van der Waals surface area contributed by atoms with E-state index in [2.05, 4.69) is 31.8 Å². The molecule has 1 fully saturated rings. The van der Waals surface area contributed by atoms with Crippen LogP contribution in [0.25, 0.3) is 10.8 Å². The van der Waals surface area contributed by atoms with Gasteiger partial charge in [0.1, 0.15) is 0 Å². The number of anilines is 1. The molecule has 31 heavy (non-hydrogen) atoms. The van der Waals surface area contributed by atoms with Crippen molar-refractivity contribution >= 4 is 62.4 Å². The molecule has 0 aromatic heterocycles. The first kappa shape index (κ1) is 20.4. The number of nitrogens with one attached hydrogen (secondary N) is 2. The summed E-state index contributed by atoms with van der Waals surface area (Å²) in [5, 5.41) is 7.56. The topological polar surface area (TPSA) is 108 Å². The summed E-state index contributed by atoms with van der Waals surface area (Å²) < 4.78 is 0.770. The van der Waals surface area contributed by atoms with E-state index in [9.17, 15) is 19.2 Å². The van der Waals surface area contributed by atoms with Gasteiger partial charge in [0.25, 0.3) is 11.8 Å². The van der Waals surface area contributed by atoms with Crippen LogP contribution < -0.4 is 15.6 Å². The van der Waals surface area contributed by atoms with Crippen molar-refractivity contribution in [2.45, 2.75) is 0 Å². The zero-order valence-electron chi connectivity index (χ0n) is 15.9. The van der Waals surface area contributed by atoms with Crippen LogP contribution in [0.5, 0.6) is 0 Å². The van der Waals surface area contributed by atoms with Gasteiger partial charge in [-0.3, -0.25) is 19.7 Å². The van der Waals surface area contributed by atoms with Crippen molar-refractivity contribution in [2.75, 3.05) is 4.90 Å². The van der Waals surface area contributed by atoms with E-state index in [1.807, 2.05) is 30.3 Å². The Labute approximate surface area is 185 Å². The number of hydrazone groups is 1. The summed E-state index contributed by atoms with van der Waals surface area (Å²) in [7, 11) is 0. The van der Waals surface area contributed by atoms with Crippen molar-refractivity contribution in [3.8, 4) is 0 Å². The lowest BCUT2D eigenvalue weighted by Gasteiger charge is -2.28. The zero-order valence-corrected chi connectivity index (χ0v) is 17.5. The molecular formula is C22H15BrN4O4. The number of benzene rings is 3. The van der Waals surface area contributed by atoms with Crippen LogP contribution in [0.15, 0.2) is 76.3 Å². The predicted molar refractivity (Wildman–Crippen MR) is 119 cm³/mol. The molecule has 3 aromatic rings. The normalized spacial score (nSPS) is 16.6. The molecule has 1 atom stereocenters. The highest BCUT2D eigenvalue weighted by Gasteiger charge is 2.40. The van der Waals surface area contributed by atoms with E-state index in [-0.39, 0.29) is 0 Å². The third kappa shape index (κ3) is 4.08. The summed E-state index contributed by atoms with van der Waals surface area (Å²) in [6, 6.07) is 18.3. The second kappa shape index (κ2) is 8.49. The van der Waals surface area contributed by atoms with Crippen LogP contribution in [0.1, 0.15) is 10.4 Å². The van der Waals surface area contributed by atoms with Gasteiger partial charge in [-0.05, 0) is 41.1 Å². The van der Waals surface area contributed by atoms with Crippen LogP contribution in [-0.4, -0.2) is 30.0 Å². The number of rotatable bonds is 4. The van der Waals surface area contributed by atoms with Gasteiger partial charge in [0.15, 0.2) is 5.92 Å². The third-order valence-corrected chi connectivity index (χ3v) is 5.24. The minimum absolute atomic E-state index is 0.302. The number of carbonyl (C=O) groups excluding carboxylic acids is 4. The predicted octanol–water partition coefficient (Wildman–Crippen LogP) is 3.22. The third-order valence-electron chi connectivity index (χ3n) is 4.71. The Morgan fingerprint density at radius 2 is 1.71 bits per heavy atom. The molecule has 2 N–H and O–H groups in total. The lowest BCUT2D eigenvalue weighted by atomic mass is 10.0. The quantitative estimate of drug-likeness (QED) is 0.340. The highest BCUT2D eigenvalue weighted by atomic mass is 79.9. The molecule has 9 heteroatoms. The fourth-order valence-corrected chi connectivity index (χ4v) is 3.47. The van der Waals surface area contributed by atoms with Gasteiger partial charge in [0.2, 0.25) is 5.91 Å². The maximum Gasteiger partial charge on any atom is 0.335 e. The second-order valence-electron chi connectivity index (χ2n) is 6.67. The largest absolute Gasteiger partial charge is 0.335 e. The zero-order chi connectivity index (χ0) is 22.0. The average Bonchev–Trinajstić information content (AvgIpc) is 2.76. The van der Waals surface area contributed by atoms with Gasteiger partial charge in [0, 0.05) is 16.3 Å². The van der Waals surface area contributed by atoms with Crippen molar-refractivity contribution in [3.63, 3.8) is 0 Å². The van der Waals surface area contributed by atoms with E-state index in [4.69, 9.17) is 0 Å². The van der Waals surface area contributed by atoms with Gasteiger partial charge >= 0.3 is 6.03 Å². The Balaban J connectivity index is 1.53. The van der Waals surface area contributed by atoms with E-state index in [0.29, 0.717) is 11.3 Å². The molecule has 8 nitrogen and oxygen atoms in total. The number of carbonyl (C=O) groups is 4. The highest BCUT2D eigenvalue weighted by molar-refractivity contribution is 9.10. The van der Waals surface area contributed by atoms with Crippen LogP contribution in [0.4, 0.5) is 10.5 Å². The Morgan fingerprint density at radius 1 is 1.00 bits per heavy atom. The van der Waals surface area contributed by atoms with Crippen molar-refractivity contribution in [3.05, 3.63) is 76.8 Å². The molecular weight excluding hydrogens is 464 g/mol. The van der Waals surface area contributed by atoms with Crippen molar-refractivity contribution in [1.82, 2.24) is 10.7 Å². The van der Waals surface area contributed by atoms with Crippen LogP contribution in [0.3, 0.4) is 0 Å². The molecule has 1 saturated heterocycles. The lowest BCUT2D eigenvalue weighted by molar-refractivity contribution is -0.131. The van der Waals surface area contributed by atoms with E-state index in [0.717, 1.165) is 26.4 Å². The molecule has 5 amide bonds. The number of urea groups is 1. The Morgan fingerprint density at radius 3 is 2.48 bits per heavy atom. The molecule has 0 aliphatic carbocycles. The molecule has 154 valence electrons. The number of amides is 5. The number of hydrogen-bond acceptors (Lipinski definition) is 5. The number of nitrogens with zero attached hydrogens (tertiary/aromatic N) is 2. The molecule has 3 aromatic carbocycles. The molecule has 0 saturated carbocycles. The number of fused-ring (bicyclic) bond motifs is 1. The summed E-state index contributed by atoms with van der Waals surface area (Å²) in [4.78, 5) is 50.6. The van der Waals surface area contributed by atoms with Crippen molar-refractivity contribution < 1.29 is 19.2 Å². The smallest absolute Gasteiger partial charge is 0.276 e. The fraction of sp³-hybridized carbons (Fsp3) is 0.0455. The van der Waals surface area contributed by atoms with E-state index in [1.165, 1.54) is 0 Å². The van der Waals surface area contributed by atoms with E-state index >= 15 is 0 Å². The summed E-state index contributed by atoms with van der Waals surface area (Å²) in [5.74, 6) is -3.43. The Kier molecular flexibility index (Phi) is 5.59. The molecule has 0 spiro atoms. The fourth-order valence-electron chi connectivity index (χ4n) is 3.21. The maximum atomic E-state index is 12.8. The Bertz CT molecular complexity index is 1230. The first-order valence-corrected chi connectivity index (χ1v) is 10.0. The summed E-state index contributed by atoms with van der Waals surface area (Å²) in [5.41, 5.74) is 3.05. The molecule has 0 radical (unpaired) electrons. The standard InChI is InChI=1S/C22H15BrN4O4/c23-14-8-10-15(11-9-14)27-21(30)18(19(28)25-22(27)31)12-24-26-20(29)17-7-3-5-13-4-1-2-6-16(13)17/h1-12,18H,(H,26,29)(H,25,28,31)/b24-12-/t18-/m1/s1. The minimum atomic E-state index is -1.37. The van der Waals surface area contributed by atoms with Crippen molar-refractivity contribution in [2.24, 2.45) is 11.0 Å². The SMILES string of the molecule is O=C(N/N=C\[C@@H]1C(=O)NC(=O)N(c2ccc(Br)cc2)C1=O)c1cccc2ccccc12. The number of imide groups is 2. The highest BCUT2D eigenvalue weighted by Crippen LogP contribution is 2.22. The molecule has 4 rings (SSSR count). The molecule has 1 heterocycles. The number of hydrogen-bond donors (Lipinski definition) is 2.